The Morgan fingerprint density at radius 2 is 1.95 bits per heavy atom. The summed E-state index contributed by atoms with van der Waals surface area (Å²) >= 11 is 4.89. The zero-order chi connectivity index (χ0) is 15.2. The number of rotatable bonds is 4. The molecule has 0 aliphatic carbocycles. The second kappa shape index (κ2) is 7.61. The number of thiocarbonyl (C=S) groups is 1. The van der Waals surface area contributed by atoms with Gasteiger partial charge in [0.1, 0.15) is 0 Å². The lowest BCUT2D eigenvalue weighted by atomic mass is 10.1. The van der Waals surface area contributed by atoms with E-state index < -0.39 is 5.92 Å². The second-order valence-corrected chi connectivity index (χ2v) is 5.87. The molecule has 0 aromatic rings. The molecule has 6 nitrogen and oxygen atoms in total. The van der Waals surface area contributed by atoms with Crippen molar-refractivity contribution in [1.82, 2.24) is 15.1 Å². The van der Waals surface area contributed by atoms with E-state index in [0.29, 0.717) is 6.54 Å². The average Bonchev–Trinajstić information content (AvgIpc) is 2.73. The molecule has 2 fully saturated rings. The van der Waals surface area contributed by atoms with Crippen molar-refractivity contribution in [2.75, 3.05) is 33.2 Å². The highest BCUT2D eigenvalue weighted by Crippen LogP contribution is 2.09. The highest BCUT2D eigenvalue weighted by atomic mass is 32.1. The first-order valence-corrected chi connectivity index (χ1v) is 7.85. The van der Waals surface area contributed by atoms with E-state index in [-0.39, 0.29) is 16.9 Å². The summed E-state index contributed by atoms with van der Waals surface area (Å²) in [5.74, 6) is -1.56. The van der Waals surface area contributed by atoms with Crippen LogP contribution in [-0.2, 0) is 9.59 Å². The molecule has 7 heteroatoms. The average molecular weight is 310 g/mol. The van der Waals surface area contributed by atoms with Crippen LogP contribution in [0.4, 0.5) is 0 Å². The lowest BCUT2D eigenvalue weighted by Gasteiger charge is -2.27. The van der Waals surface area contributed by atoms with Crippen LogP contribution in [0.3, 0.4) is 0 Å². The molecule has 0 spiro atoms. The first-order valence-electron chi connectivity index (χ1n) is 7.44. The molecule has 1 N–H and O–H groups in total. The van der Waals surface area contributed by atoms with E-state index >= 15 is 0 Å². The molecular formula is C14H22N4O2S. The fraction of sp³-hybridized carbons (Fsp3) is 0.714. The fourth-order valence-corrected chi connectivity index (χ4v) is 2.75. The molecule has 2 amide bonds. The standard InChI is InChI=1S/C14H22N4O2S/c1-17-13(20)11(12(19)16-14(17)21)10-15-6-9-18-7-4-2-3-5-8-18/h10-11H,2-9H2,1H3,(H,16,19,21)/t11-/m0/s1. The van der Waals surface area contributed by atoms with Crippen molar-refractivity contribution in [3.63, 3.8) is 0 Å². The summed E-state index contributed by atoms with van der Waals surface area (Å²) in [5.41, 5.74) is 0. The maximum absolute atomic E-state index is 12.0. The Kier molecular flexibility index (Phi) is 5.81. The zero-order valence-electron chi connectivity index (χ0n) is 12.4. The Bertz CT molecular complexity index is 444. The molecule has 0 aromatic carbocycles. The molecule has 2 rings (SSSR count). The molecule has 0 unspecified atom stereocenters. The lowest BCUT2D eigenvalue weighted by molar-refractivity contribution is -0.137. The number of carbonyl (C=O) groups is 2. The topological polar surface area (TPSA) is 65.0 Å². The largest absolute Gasteiger partial charge is 0.302 e. The number of carbonyl (C=O) groups excluding carboxylic acids is 2. The van der Waals surface area contributed by atoms with E-state index in [0.717, 1.165) is 19.6 Å². The van der Waals surface area contributed by atoms with Gasteiger partial charge in [-0.25, -0.2) is 0 Å². The monoisotopic (exact) mass is 310 g/mol. The molecule has 2 aliphatic heterocycles. The molecule has 2 aliphatic rings. The van der Waals surface area contributed by atoms with Crippen LogP contribution in [0.25, 0.3) is 0 Å². The van der Waals surface area contributed by atoms with Crippen molar-refractivity contribution < 1.29 is 9.59 Å². The third-order valence-corrected chi connectivity index (χ3v) is 4.29. The minimum atomic E-state index is -0.856. The van der Waals surface area contributed by atoms with Gasteiger partial charge in [-0.3, -0.25) is 19.5 Å². The highest BCUT2D eigenvalue weighted by Gasteiger charge is 2.35. The SMILES string of the molecule is CN1C(=O)[C@@H](C=NCCN2CCCCCC2)C(=O)NC1=S. The first kappa shape index (κ1) is 16.0. The predicted molar refractivity (Wildman–Crippen MR) is 85.3 cm³/mol. The number of likely N-dealkylation sites (tertiary alicyclic amines) is 1. The quantitative estimate of drug-likeness (QED) is 0.464. The Labute approximate surface area is 130 Å². The van der Waals surface area contributed by atoms with Crippen molar-refractivity contribution in [1.29, 1.82) is 0 Å². The van der Waals surface area contributed by atoms with E-state index in [9.17, 15) is 9.59 Å². The van der Waals surface area contributed by atoms with Crippen LogP contribution in [-0.4, -0.2) is 66.2 Å². The summed E-state index contributed by atoms with van der Waals surface area (Å²) in [7, 11) is 1.56. The number of nitrogens with one attached hydrogen (secondary N) is 1. The van der Waals surface area contributed by atoms with E-state index in [1.165, 1.54) is 36.8 Å². The Hall–Kier alpha value is -1.34. The smallest absolute Gasteiger partial charge is 0.246 e. The molecular weight excluding hydrogens is 288 g/mol. The maximum Gasteiger partial charge on any atom is 0.246 e. The van der Waals surface area contributed by atoms with Crippen LogP contribution < -0.4 is 5.32 Å². The van der Waals surface area contributed by atoms with Crippen LogP contribution in [0.2, 0.25) is 0 Å². The summed E-state index contributed by atoms with van der Waals surface area (Å²) in [4.78, 5) is 31.7. The first-order chi connectivity index (χ1) is 10.1. The minimum absolute atomic E-state index is 0.152. The number of hydrogen-bond acceptors (Lipinski definition) is 5. The van der Waals surface area contributed by atoms with Gasteiger partial charge in [-0.1, -0.05) is 12.8 Å². The number of nitrogens with zero attached hydrogens (tertiary/aromatic N) is 3. The van der Waals surface area contributed by atoms with Gasteiger partial charge in [0.05, 0.1) is 6.54 Å². The van der Waals surface area contributed by atoms with Crippen LogP contribution >= 0.6 is 12.2 Å². The van der Waals surface area contributed by atoms with Crippen molar-refractivity contribution in [3.8, 4) is 0 Å². The Balaban J connectivity index is 1.81. The summed E-state index contributed by atoms with van der Waals surface area (Å²) in [6.45, 7) is 3.74. The van der Waals surface area contributed by atoms with Crippen molar-refractivity contribution in [2.24, 2.45) is 10.9 Å². The van der Waals surface area contributed by atoms with Gasteiger partial charge in [-0.05, 0) is 38.1 Å². The summed E-state index contributed by atoms with van der Waals surface area (Å²) in [6.07, 6.45) is 6.56. The number of amides is 2. The van der Waals surface area contributed by atoms with Crippen LogP contribution in [0.1, 0.15) is 25.7 Å². The molecule has 0 radical (unpaired) electrons. The second-order valence-electron chi connectivity index (χ2n) is 5.48. The summed E-state index contributed by atoms with van der Waals surface area (Å²) in [5, 5.41) is 2.66. The van der Waals surface area contributed by atoms with Gasteiger partial charge in [0.25, 0.3) is 0 Å². The van der Waals surface area contributed by atoms with E-state index in [1.807, 2.05) is 0 Å². The molecule has 0 saturated carbocycles. The molecule has 21 heavy (non-hydrogen) atoms. The lowest BCUT2D eigenvalue weighted by Crippen LogP contribution is -2.56. The molecule has 0 bridgehead atoms. The van der Waals surface area contributed by atoms with Gasteiger partial charge >= 0.3 is 0 Å². The van der Waals surface area contributed by atoms with E-state index in [2.05, 4.69) is 15.2 Å². The number of aliphatic imine (C=N–C) groups is 1. The maximum atomic E-state index is 12.0. The van der Waals surface area contributed by atoms with Gasteiger partial charge in [0.2, 0.25) is 11.8 Å². The fourth-order valence-electron chi connectivity index (χ4n) is 2.56. The third kappa shape index (κ3) is 4.31. The van der Waals surface area contributed by atoms with Gasteiger partial charge < -0.3 is 10.2 Å². The summed E-state index contributed by atoms with van der Waals surface area (Å²) < 4.78 is 0. The predicted octanol–water partition coefficient (Wildman–Crippen LogP) is 0.423. The van der Waals surface area contributed by atoms with Gasteiger partial charge in [0, 0.05) is 19.8 Å². The van der Waals surface area contributed by atoms with E-state index in [4.69, 9.17) is 12.2 Å². The molecule has 1 atom stereocenters. The van der Waals surface area contributed by atoms with Crippen molar-refractivity contribution in [3.05, 3.63) is 0 Å². The van der Waals surface area contributed by atoms with Gasteiger partial charge in [-0.2, -0.15) is 0 Å². The zero-order valence-corrected chi connectivity index (χ0v) is 13.2. The molecule has 0 aromatic heterocycles. The van der Waals surface area contributed by atoms with Crippen LogP contribution in [0.5, 0.6) is 0 Å². The van der Waals surface area contributed by atoms with Crippen LogP contribution in [0.15, 0.2) is 4.99 Å². The third-order valence-electron chi connectivity index (χ3n) is 3.91. The summed E-state index contributed by atoms with van der Waals surface area (Å²) in [6, 6.07) is 0. The van der Waals surface area contributed by atoms with Gasteiger partial charge in [0.15, 0.2) is 11.0 Å². The van der Waals surface area contributed by atoms with Crippen molar-refractivity contribution >= 4 is 35.4 Å². The molecule has 2 heterocycles. The minimum Gasteiger partial charge on any atom is -0.302 e. The van der Waals surface area contributed by atoms with E-state index in [1.54, 1.807) is 7.05 Å². The Morgan fingerprint density at radius 1 is 1.29 bits per heavy atom. The Morgan fingerprint density at radius 3 is 2.62 bits per heavy atom. The van der Waals surface area contributed by atoms with Crippen molar-refractivity contribution in [2.45, 2.75) is 25.7 Å². The number of hydrogen-bond donors (Lipinski definition) is 1. The van der Waals surface area contributed by atoms with Crippen LogP contribution in [0, 0.1) is 5.92 Å². The van der Waals surface area contributed by atoms with Gasteiger partial charge in [-0.15, -0.1) is 0 Å². The molecule has 2 saturated heterocycles. The molecule has 116 valence electrons. The highest BCUT2D eigenvalue weighted by molar-refractivity contribution is 7.80. The normalized spacial score (nSPS) is 25.3.